The highest BCUT2D eigenvalue weighted by atomic mass is 35.5. The maximum Gasteiger partial charge on any atom is 0.239 e. The molecule has 1 heterocycles. The number of nitrogens with zero attached hydrogens (tertiary/aromatic N) is 2. The smallest absolute Gasteiger partial charge is 0.239 e. The van der Waals surface area contributed by atoms with Crippen LogP contribution in [0.5, 0.6) is 0 Å². The van der Waals surface area contributed by atoms with Gasteiger partial charge in [-0.1, -0.05) is 42.7 Å². The van der Waals surface area contributed by atoms with Gasteiger partial charge in [-0.3, -0.25) is 0 Å². The summed E-state index contributed by atoms with van der Waals surface area (Å²) in [7, 11) is 0. The Balaban J connectivity index is 1.95. The van der Waals surface area contributed by atoms with E-state index >= 15 is 0 Å². The normalized spacial score (nSPS) is 12.9. The van der Waals surface area contributed by atoms with E-state index in [2.05, 4.69) is 37.0 Å². The maximum absolute atomic E-state index is 5.97. The van der Waals surface area contributed by atoms with E-state index in [0.29, 0.717) is 11.8 Å². The van der Waals surface area contributed by atoms with E-state index in [1.807, 2.05) is 18.2 Å². The molecule has 0 aliphatic heterocycles. The molecule has 0 saturated heterocycles. The van der Waals surface area contributed by atoms with E-state index in [1.165, 1.54) is 5.56 Å². The zero-order valence-corrected chi connectivity index (χ0v) is 12.8. The summed E-state index contributed by atoms with van der Waals surface area (Å²) in [6.45, 7) is 6.18. The average molecular weight is 297 g/mol. The number of hydrogen-bond donors (Lipinski definition) is 0. The van der Waals surface area contributed by atoms with Crippen LogP contribution >= 0.6 is 23.4 Å². The second-order valence-corrected chi connectivity index (χ2v) is 6.49. The van der Waals surface area contributed by atoms with Gasteiger partial charge in [-0.2, -0.15) is 4.98 Å². The number of rotatable bonds is 5. The van der Waals surface area contributed by atoms with E-state index in [1.54, 1.807) is 11.8 Å². The monoisotopic (exact) mass is 296 g/mol. The van der Waals surface area contributed by atoms with Gasteiger partial charge in [-0.25, -0.2) is 0 Å². The molecule has 5 heteroatoms. The van der Waals surface area contributed by atoms with Crippen molar-refractivity contribution in [1.29, 1.82) is 0 Å². The Morgan fingerprint density at radius 2 is 2.11 bits per heavy atom. The summed E-state index contributed by atoms with van der Waals surface area (Å²) >= 11 is 7.73. The zero-order valence-electron chi connectivity index (χ0n) is 11.3. The number of benzene rings is 1. The lowest BCUT2D eigenvalue weighted by molar-refractivity contribution is 0.373. The van der Waals surface area contributed by atoms with Crippen LogP contribution in [0, 0.1) is 0 Å². The van der Waals surface area contributed by atoms with Gasteiger partial charge in [0.15, 0.2) is 5.82 Å². The van der Waals surface area contributed by atoms with Gasteiger partial charge in [0.1, 0.15) is 0 Å². The van der Waals surface area contributed by atoms with Crippen molar-refractivity contribution in [2.24, 2.45) is 0 Å². The molecule has 0 aliphatic carbocycles. The first-order valence-corrected chi connectivity index (χ1v) is 7.68. The summed E-state index contributed by atoms with van der Waals surface area (Å²) < 4.78 is 5.29. The van der Waals surface area contributed by atoms with Crippen LogP contribution < -0.4 is 0 Å². The zero-order chi connectivity index (χ0) is 13.8. The van der Waals surface area contributed by atoms with Gasteiger partial charge in [0.25, 0.3) is 0 Å². The SMILES string of the molecule is CC(C)c1noc(C(C)SCc2cccc(Cl)c2)n1. The fourth-order valence-corrected chi connectivity index (χ4v) is 2.64. The van der Waals surface area contributed by atoms with Crippen molar-refractivity contribution in [3.8, 4) is 0 Å². The Labute approximate surface area is 122 Å². The van der Waals surface area contributed by atoms with Crippen molar-refractivity contribution in [3.05, 3.63) is 46.6 Å². The van der Waals surface area contributed by atoms with Crippen LogP contribution in [0.2, 0.25) is 5.02 Å². The first-order chi connectivity index (χ1) is 9.06. The van der Waals surface area contributed by atoms with Gasteiger partial charge >= 0.3 is 0 Å². The third-order valence-corrected chi connectivity index (χ3v) is 4.15. The molecule has 3 nitrogen and oxygen atoms in total. The lowest BCUT2D eigenvalue weighted by atomic mass is 10.2. The molecule has 2 rings (SSSR count). The Morgan fingerprint density at radius 1 is 1.32 bits per heavy atom. The van der Waals surface area contributed by atoms with Gasteiger partial charge in [0.05, 0.1) is 5.25 Å². The molecule has 1 atom stereocenters. The first-order valence-electron chi connectivity index (χ1n) is 6.26. The third-order valence-electron chi connectivity index (χ3n) is 2.71. The van der Waals surface area contributed by atoms with Crippen LogP contribution in [0.3, 0.4) is 0 Å². The van der Waals surface area contributed by atoms with Gasteiger partial charge in [0, 0.05) is 16.7 Å². The highest BCUT2D eigenvalue weighted by molar-refractivity contribution is 7.98. The average Bonchev–Trinajstić information content (AvgIpc) is 2.86. The molecule has 0 saturated carbocycles. The first kappa shape index (κ1) is 14.4. The molecule has 0 radical (unpaired) electrons. The number of aromatic nitrogens is 2. The minimum absolute atomic E-state index is 0.180. The molecule has 0 amide bonds. The van der Waals surface area contributed by atoms with Crippen molar-refractivity contribution >= 4 is 23.4 Å². The fraction of sp³-hybridized carbons (Fsp3) is 0.429. The second kappa shape index (κ2) is 6.44. The van der Waals surface area contributed by atoms with Crippen LogP contribution in [0.25, 0.3) is 0 Å². The van der Waals surface area contributed by atoms with Crippen LogP contribution in [0.1, 0.15) is 49.2 Å². The lowest BCUT2D eigenvalue weighted by Gasteiger charge is -2.06. The minimum atomic E-state index is 0.180. The van der Waals surface area contributed by atoms with E-state index in [4.69, 9.17) is 16.1 Å². The highest BCUT2D eigenvalue weighted by Gasteiger charge is 2.16. The number of halogens is 1. The highest BCUT2D eigenvalue weighted by Crippen LogP contribution is 2.31. The number of thioether (sulfide) groups is 1. The van der Waals surface area contributed by atoms with Crippen molar-refractivity contribution in [1.82, 2.24) is 10.1 Å². The standard InChI is InChI=1S/C14H17ClN2OS/c1-9(2)13-16-14(18-17-13)10(3)19-8-11-5-4-6-12(15)7-11/h4-7,9-10H,8H2,1-3H3. The van der Waals surface area contributed by atoms with E-state index in [-0.39, 0.29) is 5.25 Å². The molecule has 19 heavy (non-hydrogen) atoms. The molecule has 0 spiro atoms. The molecule has 0 bridgehead atoms. The summed E-state index contributed by atoms with van der Waals surface area (Å²) in [5.41, 5.74) is 1.20. The van der Waals surface area contributed by atoms with E-state index < -0.39 is 0 Å². The Hall–Kier alpha value is -1.00. The predicted molar refractivity (Wildman–Crippen MR) is 79.5 cm³/mol. The van der Waals surface area contributed by atoms with Gasteiger partial charge in [0.2, 0.25) is 5.89 Å². The number of hydrogen-bond acceptors (Lipinski definition) is 4. The summed E-state index contributed by atoms with van der Waals surface area (Å²) in [4.78, 5) is 4.41. The molecule has 2 aromatic rings. The van der Waals surface area contributed by atoms with Crippen LogP contribution in [-0.2, 0) is 5.75 Å². The van der Waals surface area contributed by atoms with Gasteiger partial charge in [-0.15, -0.1) is 11.8 Å². The summed E-state index contributed by atoms with van der Waals surface area (Å²) in [5.74, 6) is 2.63. The quantitative estimate of drug-likeness (QED) is 0.791. The molecule has 1 aromatic heterocycles. The molecule has 1 aromatic carbocycles. The third kappa shape index (κ3) is 3.98. The molecule has 1 unspecified atom stereocenters. The van der Waals surface area contributed by atoms with Crippen LogP contribution in [0.4, 0.5) is 0 Å². The topological polar surface area (TPSA) is 38.9 Å². The Morgan fingerprint density at radius 3 is 2.74 bits per heavy atom. The second-order valence-electron chi connectivity index (χ2n) is 4.73. The predicted octanol–water partition coefficient (Wildman–Crippen LogP) is 4.84. The minimum Gasteiger partial charge on any atom is -0.338 e. The molecule has 102 valence electrons. The van der Waals surface area contributed by atoms with E-state index in [9.17, 15) is 0 Å². The fourth-order valence-electron chi connectivity index (χ4n) is 1.57. The van der Waals surface area contributed by atoms with E-state index in [0.717, 1.165) is 16.6 Å². The summed E-state index contributed by atoms with van der Waals surface area (Å²) in [6.07, 6.45) is 0. The molecular weight excluding hydrogens is 280 g/mol. The van der Waals surface area contributed by atoms with Crippen LogP contribution in [0.15, 0.2) is 28.8 Å². The van der Waals surface area contributed by atoms with Crippen LogP contribution in [-0.4, -0.2) is 10.1 Å². The van der Waals surface area contributed by atoms with Gasteiger partial charge < -0.3 is 4.52 Å². The molecule has 0 aliphatic rings. The summed E-state index contributed by atoms with van der Waals surface area (Å²) in [6, 6.07) is 7.89. The molecular formula is C14H17ClN2OS. The largest absolute Gasteiger partial charge is 0.338 e. The maximum atomic E-state index is 5.97. The van der Waals surface area contributed by atoms with Crippen molar-refractivity contribution in [3.63, 3.8) is 0 Å². The van der Waals surface area contributed by atoms with Gasteiger partial charge in [-0.05, 0) is 24.6 Å². The molecule has 0 fully saturated rings. The van der Waals surface area contributed by atoms with Crippen molar-refractivity contribution < 1.29 is 4.52 Å². The van der Waals surface area contributed by atoms with Crippen molar-refractivity contribution in [2.45, 2.75) is 37.7 Å². The van der Waals surface area contributed by atoms with Crippen molar-refractivity contribution in [2.75, 3.05) is 0 Å². The Kier molecular flexibility index (Phi) is 4.88. The molecule has 0 N–H and O–H groups in total. The lowest BCUT2D eigenvalue weighted by Crippen LogP contribution is -1.93. The Bertz CT molecular complexity index is 542. The summed E-state index contributed by atoms with van der Waals surface area (Å²) in [5, 5.41) is 4.93.